The number of fused-ring (bicyclic) bond motifs is 1. The number of hydrogen-bond donors (Lipinski definition) is 1. The molecular weight excluding hydrogens is 356 g/mol. The third-order valence-corrected chi connectivity index (χ3v) is 6.73. The van der Waals surface area contributed by atoms with E-state index in [2.05, 4.69) is 10.4 Å². The maximum absolute atomic E-state index is 12.7. The number of ether oxygens (including phenoxy) is 1. The molecular formula is C21H32N4O3. The van der Waals surface area contributed by atoms with Gasteiger partial charge < -0.3 is 15.0 Å². The first kappa shape index (κ1) is 19.4. The number of aromatic nitrogens is 2. The summed E-state index contributed by atoms with van der Waals surface area (Å²) < 4.78 is 8.17. The van der Waals surface area contributed by atoms with Crippen molar-refractivity contribution in [3.8, 4) is 0 Å². The Morgan fingerprint density at radius 1 is 1.25 bits per heavy atom. The number of nitrogens with one attached hydrogen (secondary N) is 1. The van der Waals surface area contributed by atoms with E-state index in [9.17, 15) is 9.59 Å². The van der Waals surface area contributed by atoms with E-state index in [1.54, 1.807) is 0 Å². The molecule has 0 radical (unpaired) electrons. The molecule has 0 unspecified atom stereocenters. The van der Waals surface area contributed by atoms with E-state index in [0.717, 1.165) is 62.9 Å². The van der Waals surface area contributed by atoms with E-state index in [1.165, 1.54) is 12.8 Å². The fourth-order valence-electron chi connectivity index (χ4n) is 4.95. The number of rotatable bonds is 4. The predicted molar refractivity (Wildman–Crippen MR) is 105 cm³/mol. The summed E-state index contributed by atoms with van der Waals surface area (Å²) in [6.07, 6.45) is 7.86. The van der Waals surface area contributed by atoms with Crippen LogP contribution in [0.3, 0.4) is 0 Å². The molecule has 0 bridgehead atoms. The molecule has 1 N–H and O–H groups in total. The van der Waals surface area contributed by atoms with E-state index in [4.69, 9.17) is 4.74 Å². The lowest BCUT2D eigenvalue weighted by Gasteiger charge is -2.44. The molecule has 2 amide bonds. The minimum Gasteiger partial charge on any atom is -0.370 e. The van der Waals surface area contributed by atoms with Crippen molar-refractivity contribution in [2.75, 3.05) is 19.6 Å². The van der Waals surface area contributed by atoms with Crippen LogP contribution in [-0.2, 0) is 29.6 Å². The largest absolute Gasteiger partial charge is 0.370 e. The number of nitrogens with zero attached hydrogens (tertiary/aromatic N) is 3. The highest BCUT2D eigenvalue weighted by molar-refractivity contribution is 5.94. The molecule has 0 aromatic carbocycles. The van der Waals surface area contributed by atoms with Gasteiger partial charge in [-0.25, -0.2) is 0 Å². The summed E-state index contributed by atoms with van der Waals surface area (Å²) in [5.74, 6) is 0.476. The molecule has 1 saturated heterocycles. The SMILES string of the molecule is CCCNC(=O)c1nn(C)c2c1COC1(CCN(C(=O)C3CCCC3)CC1)C2. The van der Waals surface area contributed by atoms with Crippen LogP contribution in [0.1, 0.15) is 73.6 Å². The quantitative estimate of drug-likeness (QED) is 0.858. The zero-order valence-electron chi connectivity index (χ0n) is 17.1. The summed E-state index contributed by atoms with van der Waals surface area (Å²) in [5, 5.41) is 7.39. The molecule has 4 rings (SSSR count). The molecule has 3 aliphatic rings. The highest BCUT2D eigenvalue weighted by Gasteiger charge is 2.43. The fourth-order valence-corrected chi connectivity index (χ4v) is 4.95. The third kappa shape index (κ3) is 3.56. The summed E-state index contributed by atoms with van der Waals surface area (Å²) in [6.45, 7) is 4.65. The maximum Gasteiger partial charge on any atom is 0.272 e. The van der Waals surface area contributed by atoms with Gasteiger partial charge in [0.15, 0.2) is 5.69 Å². The van der Waals surface area contributed by atoms with Gasteiger partial charge in [-0.3, -0.25) is 14.3 Å². The van der Waals surface area contributed by atoms with Crippen molar-refractivity contribution in [3.63, 3.8) is 0 Å². The Bertz CT molecular complexity index is 743. The monoisotopic (exact) mass is 388 g/mol. The summed E-state index contributed by atoms with van der Waals surface area (Å²) in [7, 11) is 1.91. The highest BCUT2D eigenvalue weighted by Crippen LogP contribution is 2.38. The normalized spacial score (nSPS) is 21.7. The molecule has 1 saturated carbocycles. The van der Waals surface area contributed by atoms with E-state index in [-0.39, 0.29) is 17.4 Å². The number of likely N-dealkylation sites (tertiary alicyclic amines) is 1. The van der Waals surface area contributed by atoms with Gasteiger partial charge in [0, 0.05) is 50.3 Å². The van der Waals surface area contributed by atoms with Gasteiger partial charge in [0.05, 0.1) is 12.2 Å². The second kappa shape index (κ2) is 7.85. The van der Waals surface area contributed by atoms with Gasteiger partial charge in [-0.1, -0.05) is 19.8 Å². The van der Waals surface area contributed by atoms with Crippen LogP contribution in [0.25, 0.3) is 0 Å². The van der Waals surface area contributed by atoms with E-state index in [1.807, 2.05) is 23.6 Å². The maximum atomic E-state index is 12.7. The minimum absolute atomic E-state index is 0.116. The highest BCUT2D eigenvalue weighted by atomic mass is 16.5. The molecule has 0 atom stereocenters. The van der Waals surface area contributed by atoms with Crippen molar-refractivity contribution in [1.82, 2.24) is 20.0 Å². The average molecular weight is 389 g/mol. The number of carbonyl (C=O) groups excluding carboxylic acids is 2. The summed E-state index contributed by atoms with van der Waals surface area (Å²) in [6, 6.07) is 0. The van der Waals surface area contributed by atoms with Crippen molar-refractivity contribution in [3.05, 3.63) is 17.0 Å². The zero-order valence-corrected chi connectivity index (χ0v) is 17.1. The molecule has 1 spiro atoms. The second-order valence-corrected chi connectivity index (χ2v) is 8.61. The molecule has 1 aliphatic carbocycles. The predicted octanol–water partition coefficient (Wildman–Crippen LogP) is 2.18. The van der Waals surface area contributed by atoms with E-state index >= 15 is 0 Å². The Kier molecular flexibility index (Phi) is 5.45. The molecule has 3 heterocycles. The lowest BCUT2D eigenvalue weighted by Crippen LogP contribution is -2.51. The Hall–Kier alpha value is -1.89. The molecule has 28 heavy (non-hydrogen) atoms. The molecule has 2 aliphatic heterocycles. The van der Waals surface area contributed by atoms with Crippen LogP contribution >= 0.6 is 0 Å². The molecule has 1 aromatic heterocycles. The van der Waals surface area contributed by atoms with Gasteiger partial charge in [-0.05, 0) is 32.1 Å². The van der Waals surface area contributed by atoms with E-state index < -0.39 is 0 Å². The number of piperidine rings is 1. The van der Waals surface area contributed by atoms with E-state index in [0.29, 0.717) is 24.8 Å². The standard InChI is InChI=1S/C21H32N4O3/c1-3-10-22-19(26)18-16-14-28-21(13-17(16)24(2)23-18)8-11-25(12-9-21)20(27)15-6-4-5-7-15/h15H,3-14H2,1-2H3,(H,22,26). The Morgan fingerprint density at radius 3 is 2.64 bits per heavy atom. The van der Waals surface area contributed by atoms with Gasteiger partial charge in [-0.2, -0.15) is 5.10 Å². The third-order valence-electron chi connectivity index (χ3n) is 6.73. The number of hydrogen-bond acceptors (Lipinski definition) is 4. The average Bonchev–Trinajstić information content (AvgIpc) is 3.35. The zero-order chi connectivity index (χ0) is 19.7. The van der Waals surface area contributed by atoms with Crippen molar-refractivity contribution in [1.29, 1.82) is 0 Å². The second-order valence-electron chi connectivity index (χ2n) is 8.61. The minimum atomic E-state index is -0.232. The van der Waals surface area contributed by atoms with Crippen LogP contribution in [0, 0.1) is 5.92 Å². The summed E-state index contributed by atoms with van der Waals surface area (Å²) >= 11 is 0. The Labute approximate surface area is 166 Å². The number of carbonyl (C=O) groups is 2. The summed E-state index contributed by atoms with van der Waals surface area (Å²) in [5.41, 5.74) is 2.29. The Morgan fingerprint density at radius 2 is 1.96 bits per heavy atom. The van der Waals surface area contributed by atoms with Crippen molar-refractivity contribution in [2.24, 2.45) is 13.0 Å². The van der Waals surface area contributed by atoms with Crippen LogP contribution in [0.2, 0.25) is 0 Å². The lowest BCUT2D eigenvalue weighted by atomic mass is 9.83. The lowest BCUT2D eigenvalue weighted by molar-refractivity contribution is -0.145. The first-order valence-electron chi connectivity index (χ1n) is 10.8. The van der Waals surface area contributed by atoms with Crippen molar-refractivity contribution in [2.45, 2.75) is 70.5 Å². The molecule has 154 valence electrons. The Balaban J connectivity index is 1.42. The summed E-state index contributed by atoms with van der Waals surface area (Å²) in [4.78, 5) is 27.2. The van der Waals surface area contributed by atoms with Gasteiger partial charge >= 0.3 is 0 Å². The molecule has 7 nitrogen and oxygen atoms in total. The van der Waals surface area contributed by atoms with Crippen LogP contribution in [0.4, 0.5) is 0 Å². The van der Waals surface area contributed by atoms with Crippen LogP contribution in [0.5, 0.6) is 0 Å². The van der Waals surface area contributed by atoms with Gasteiger partial charge in [0.1, 0.15) is 0 Å². The van der Waals surface area contributed by atoms with Gasteiger partial charge in [0.25, 0.3) is 5.91 Å². The first-order valence-corrected chi connectivity index (χ1v) is 10.8. The van der Waals surface area contributed by atoms with Crippen LogP contribution in [0.15, 0.2) is 0 Å². The first-order chi connectivity index (χ1) is 13.5. The van der Waals surface area contributed by atoms with Crippen molar-refractivity contribution < 1.29 is 14.3 Å². The van der Waals surface area contributed by atoms with Gasteiger partial charge in [-0.15, -0.1) is 0 Å². The van der Waals surface area contributed by atoms with Crippen molar-refractivity contribution >= 4 is 11.8 Å². The smallest absolute Gasteiger partial charge is 0.272 e. The molecule has 1 aromatic rings. The number of amides is 2. The van der Waals surface area contributed by atoms with Crippen LogP contribution < -0.4 is 5.32 Å². The van der Waals surface area contributed by atoms with Crippen LogP contribution in [-0.4, -0.2) is 51.7 Å². The molecule has 2 fully saturated rings. The molecule has 7 heteroatoms. The topological polar surface area (TPSA) is 76.5 Å². The fraction of sp³-hybridized carbons (Fsp3) is 0.762. The van der Waals surface area contributed by atoms with Gasteiger partial charge in [0.2, 0.25) is 5.91 Å². The number of aryl methyl sites for hydroxylation is 1.